The molecule has 0 spiro atoms. The van der Waals surface area contributed by atoms with Crippen LogP contribution in [0.2, 0.25) is 0 Å². The lowest BCUT2D eigenvalue weighted by Crippen LogP contribution is -2.14. The Morgan fingerprint density at radius 3 is 2.39 bits per heavy atom. The molecule has 0 unspecified atom stereocenters. The van der Waals surface area contributed by atoms with Crippen LogP contribution in [-0.2, 0) is 0 Å². The number of hydrogen-bond acceptors (Lipinski definition) is 4. The fourth-order valence-corrected chi connectivity index (χ4v) is 1.92. The van der Waals surface area contributed by atoms with E-state index in [0.717, 1.165) is 5.69 Å². The molecule has 5 nitrogen and oxygen atoms in total. The van der Waals surface area contributed by atoms with Gasteiger partial charge in [-0.15, -0.1) is 0 Å². The third kappa shape index (κ3) is 3.88. The second kappa shape index (κ2) is 6.65. The van der Waals surface area contributed by atoms with Crippen LogP contribution in [0.25, 0.3) is 0 Å². The lowest BCUT2D eigenvalue weighted by Gasteiger charge is -2.07. The summed E-state index contributed by atoms with van der Waals surface area (Å²) in [5.41, 5.74) is 1.53. The zero-order valence-corrected chi connectivity index (χ0v) is 12.0. The first-order valence-electron chi connectivity index (χ1n) is 6.93. The molecule has 6 heteroatoms. The van der Waals surface area contributed by atoms with Gasteiger partial charge in [-0.05, 0) is 42.5 Å². The Morgan fingerprint density at radius 2 is 1.65 bits per heavy atom. The van der Waals surface area contributed by atoms with E-state index in [9.17, 15) is 9.18 Å². The normalized spacial score (nSPS) is 10.1. The third-order valence-electron chi connectivity index (χ3n) is 3.02. The summed E-state index contributed by atoms with van der Waals surface area (Å²) in [5, 5.41) is 5.67. The maximum Gasteiger partial charge on any atom is 0.274 e. The van der Waals surface area contributed by atoms with Crippen molar-refractivity contribution in [1.82, 2.24) is 9.97 Å². The largest absolute Gasteiger partial charge is 0.324 e. The van der Waals surface area contributed by atoms with Gasteiger partial charge in [-0.25, -0.2) is 14.4 Å². The van der Waals surface area contributed by atoms with Gasteiger partial charge in [0.05, 0.1) is 0 Å². The van der Waals surface area contributed by atoms with Crippen LogP contribution < -0.4 is 10.6 Å². The minimum Gasteiger partial charge on any atom is -0.324 e. The van der Waals surface area contributed by atoms with Crippen molar-refractivity contribution in [2.45, 2.75) is 0 Å². The van der Waals surface area contributed by atoms with Gasteiger partial charge in [0.2, 0.25) is 5.95 Å². The van der Waals surface area contributed by atoms with Crippen molar-refractivity contribution in [3.05, 3.63) is 78.4 Å². The zero-order chi connectivity index (χ0) is 16.1. The zero-order valence-electron chi connectivity index (χ0n) is 12.0. The fraction of sp³-hybridized carbons (Fsp3) is 0. The summed E-state index contributed by atoms with van der Waals surface area (Å²) >= 11 is 0. The van der Waals surface area contributed by atoms with Crippen molar-refractivity contribution < 1.29 is 9.18 Å². The smallest absolute Gasteiger partial charge is 0.274 e. The predicted octanol–water partition coefficient (Wildman–Crippen LogP) is 3.61. The van der Waals surface area contributed by atoms with E-state index >= 15 is 0 Å². The monoisotopic (exact) mass is 308 g/mol. The van der Waals surface area contributed by atoms with Gasteiger partial charge in [0.15, 0.2) is 0 Å². The van der Waals surface area contributed by atoms with Crippen LogP contribution in [0.3, 0.4) is 0 Å². The fourth-order valence-electron chi connectivity index (χ4n) is 1.92. The molecule has 1 heterocycles. The highest BCUT2D eigenvalue weighted by atomic mass is 19.1. The molecule has 0 aliphatic heterocycles. The van der Waals surface area contributed by atoms with Gasteiger partial charge in [-0.3, -0.25) is 4.79 Å². The minimum absolute atomic E-state index is 0.211. The number of halogens is 1. The first-order chi connectivity index (χ1) is 11.2. The summed E-state index contributed by atoms with van der Waals surface area (Å²) in [7, 11) is 0. The summed E-state index contributed by atoms with van der Waals surface area (Å²) in [4.78, 5) is 20.4. The number of rotatable bonds is 4. The number of aromatic nitrogens is 2. The standard InChI is InChI=1S/C17H13FN4O/c18-12-6-8-14(9-7-12)20-16(23)15-10-11-19-17(22-15)21-13-4-2-1-3-5-13/h1-11H,(H,20,23)(H,19,21,22). The van der Waals surface area contributed by atoms with Crippen LogP contribution in [0.5, 0.6) is 0 Å². The molecule has 3 rings (SSSR count). The Balaban J connectivity index is 1.73. The molecule has 0 bridgehead atoms. The second-order valence-corrected chi connectivity index (χ2v) is 4.72. The number of anilines is 3. The molecule has 114 valence electrons. The van der Waals surface area contributed by atoms with E-state index in [1.54, 1.807) is 0 Å². The number of hydrogen-bond donors (Lipinski definition) is 2. The molecular weight excluding hydrogens is 295 g/mol. The number of carbonyl (C=O) groups is 1. The van der Waals surface area contributed by atoms with E-state index in [2.05, 4.69) is 20.6 Å². The highest BCUT2D eigenvalue weighted by Gasteiger charge is 2.09. The highest BCUT2D eigenvalue weighted by Crippen LogP contribution is 2.13. The van der Waals surface area contributed by atoms with Gasteiger partial charge in [0.25, 0.3) is 5.91 Å². The van der Waals surface area contributed by atoms with Gasteiger partial charge in [-0.2, -0.15) is 0 Å². The third-order valence-corrected chi connectivity index (χ3v) is 3.02. The second-order valence-electron chi connectivity index (χ2n) is 4.72. The number of nitrogens with zero attached hydrogens (tertiary/aromatic N) is 2. The quantitative estimate of drug-likeness (QED) is 0.772. The topological polar surface area (TPSA) is 66.9 Å². The molecule has 0 fully saturated rings. The number of nitrogens with one attached hydrogen (secondary N) is 2. The maximum atomic E-state index is 12.9. The molecule has 2 N–H and O–H groups in total. The average molecular weight is 308 g/mol. The molecule has 0 aliphatic rings. The lowest BCUT2D eigenvalue weighted by atomic mass is 10.3. The summed E-state index contributed by atoms with van der Waals surface area (Å²) in [5.74, 6) is -0.433. The number of benzene rings is 2. The molecule has 2 aromatic carbocycles. The van der Waals surface area contributed by atoms with E-state index in [4.69, 9.17) is 0 Å². The number of para-hydroxylation sites is 1. The van der Waals surface area contributed by atoms with Gasteiger partial charge >= 0.3 is 0 Å². The Labute approximate surface area is 132 Å². The van der Waals surface area contributed by atoms with E-state index in [1.165, 1.54) is 36.5 Å². The Kier molecular flexibility index (Phi) is 4.24. The molecule has 0 aliphatic carbocycles. The molecule has 23 heavy (non-hydrogen) atoms. The van der Waals surface area contributed by atoms with Crippen molar-refractivity contribution >= 4 is 23.2 Å². The predicted molar refractivity (Wildman–Crippen MR) is 86.1 cm³/mol. The number of carbonyl (C=O) groups excluding carboxylic acids is 1. The highest BCUT2D eigenvalue weighted by molar-refractivity contribution is 6.02. The van der Waals surface area contributed by atoms with Crippen molar-refractivity contribution in [2.75, 3.05) is 10.6 Å². The first-order valence-corrected chi connectivity index (χ1v) is 6.93. The van der Waals surface area contributed by atoms with Crippen LogP contribution >= 0.6 is 0 Å². The summed E-state index contributed by atoms with van der Waals surface area (Å²) in [6.45, 7) is 0. The SMILES string of the molecule is O=C(Nc1ccc(F)cc1)c1ccnc(Nc2ccccc2)n1. The maximum absolute atomic E-state index is 12.9. The molecule has 3 aromatic rings. The summed E-state index contributed by atoms with van der Waals surface area (Å²) < 4.78 is 12.9. The number of amides is 1. The van der Waals surface area contributed by atoms with Crippen LogP contribution in [0, 0.1) is 5.82 Å². The van der Waals surface area contributed by atoms with E-state index in [0.29, 0.717) is 11.6 Å². The molecule has 1 aromatic heterocycles. The molecule has 1 amide bonds. The Bertz CT molecular complexity index is 806. The first kappa shape index (κ1) is 14.6. The molecule has 0 saturated heterocycles. The Morgan fingerprint density at radius 1 is 0.913 bits per heavy atom. The van der Waals surface area contributed by atoms with Crippen molar-refractivity contribution in [3.8, 4) is 0 Å². The minimum atomic E-state index is -0.393. The van der Waals surface area contributed by atoms with Crippen LogP contribution in [0.15, 0.2) is 66.9 Å². The van der Waals surface area contributed by atoms with Crippen LogP contribution in [0.4, 0.5) is 21.7 Å². The summed E-state index contributed by atoms with van der Waals surface area (Å²) in [6.07, 6.45) is 1.50. The van der Waals surface area contributed by atoms with Crippen LogP contribution in [0.1, 0.15) is 10.5 Å². The molecule has 0 saturated carbocycles. The molecule has 0 atom stereocenters. The average Bonchev–Trinajstić information content (AvgIpc) is 2.58. The molecular formula is C17H13FN4O. The van der Waals surface area contributed by atoms with Crippen LogP contribution in [-0.4, -0.2) is 15.9 Å². The van der Waals surface area contributed by atoms with Gasteiger partial charge in [-0.1, -0.05) is 18.2 Å². The van der Waals surface area contributed by atoms with E-state index in [-0.39, 0.29) is 11.5 Å². The van der Waals surface area contributed by atoms with Crippen molar-refractivity contribution in [2.24, 2.45) is 0 Å². The summed E-state index contributed by atoms with van der Waals surface area (Å²) in [6, 6.07) is 16.4. The Hall–Kier alpha value is -3.28. The van der Waals surface area contributed by atoms with E-state index < -0.39 is 5.91 Å². The van der Waals surface area contributed by atoms with E-state index in [1.807, 2.05) is 30.3 Å². The van der Waals surface area contributed by atoms with Gasteiger partial charge < -0.3 is 10.6 Å². The van der Waals surface area contributed by atoms with Crippen molar-refractivity contribution in [3.63, 3.8) is 0 Å². The van der Waals surface area contributed by atoms with Gasteiger partial charge in [0, 0.05) is 17.6 Å². The molecule has 0 radical (unpaired) electrons. The van der Waals surface area contributed by atoms with Gasteiger partial charge in [0.1, 0.15) is 11.5 Å². The lowest BCUT2D eigenvalue weighted by molar-refractivity contribution is 0.102. The van der Waals surface area contributed by atoms with Crippen molar-refractivity contribution in [1.29, 1.82) is 0 Å².